The molecule has 3 unspecified atom stereocenters. The molecule has 0 saturated carbocycles. The number of ketones is 2. The standard InChI is InChI=1S/C59H66O8/c1-39(15-11-12-16-40(2)18-14-20-42(4)22-30-53-46(8)57(64)44(6)37-59(53,9)10)17-13-19-41(3)21-29-52-43(5)33-54(58(65)45(52)7)67-56(63)32-31-55(62)66-51-27-25-47(26-28-51)23-24-48-34-49(38-60)36-50(61)35-48/h11-30,34-36,38,43-44,54,61H,31-33,37H2,1-10H3/b12-11+,17-13+,18-14+,24-23+,29-21+,30-22+,39-15+,40-16+,41-19+,42-20+. The highest BCUT2D eigenvalue weighted by Gasteiger charge is 2.36. The topological polar surface area (TPSA) is 124 Å². The van der Waals surface area contributed by atoms with Gasteiger partial charge in [-0.3, -0.25) is 24.0 Å². The van der Waals surface area contributed by atoms with E-state index in [1.54, 1.807) is 49.4 Å². The number of carbonyl (C=O) groups excluding carboxylic acids is 5. The van der Waals surface area contributed by atoms with Gasteiger partial charge >= 0.3 is 11.9 Å². The van der Waals surface area contributed by atoms with Crippen LogP contribution in [0.1, 0.15) is 116 Å². The molecule has 350 valence electrons. The van der Waals surface area contributed by atoms with E-state index in [0.29, 0.717) is 35.2 Å². The minimum absolute atomic E-state index is 0.00848. The molecule has 0 spiro atoms. The number of ether oxygens (including phenoxy) is 2. The van der Waals surface area contributed by atoms with Gasteiger partial charge in [-0.05, 0) is 129 Å². The third kappa shape index (κ3) is 16.8. The molecule has 1 N–H and O–H groups in total. The fourth-order valence-electron chi connectivity index (χ4n) is 8.07. The molecular weight excluding hydrogens is 837 g/mol. The van der Waals surface area contributed by atoms with Crippen LogP contribution in [0.15, 0.2) is 172 Å². The van der Waals surface area contributed by atoms with Gasteiger partial charge in [0.15, 0.2) is 17.7 Å². The van der Waals surface area contributed by atoms with E-state index in [-0.39, 0.29) is 47.4 Å². The SMILES string of the molecule is CC1=C(/C=C/C(C)=C/C=C/C(C)=C/C=C/C=C(C)/C=C/C=C(C)/C=C/C2=C(C)C(=O)C(C)CC2(C)C)C(C)CC(OC(=O)CCC(=O)Oc2ccc(/C=C/c3cc(O)cc(C=O)c3)cc2)C1=O. The van der Waals surface area contributed by atoms with Crippen molar-refractivity contribution in [3.8, 4) is 11.5 Å². The Morgan fingerprint density at radius 3 is 1.81 bits per heavy atom. The molecule has 0 aliphatic heterocycles. The smallest absolute Gasteiger partial charge is 0.311 e. The Bertz CT molecular complexity index is 2570. The van der Waals surface area contributed by atoms with E-state index in [1.807, 2.05) is 89.3 Å². The number of rotatable bonds is 18. The van der Waals surface area contributed by atoms with Crippen LogP contribution in [0.5, 0.6) is 11.5 Å². The molecule has 8 heteroatoms. The van der Waals surface area contributed by atoms with Crippen LogP contribution in [0.4, 0.5) is 0 Å². The lowest BCUT2D eigenvalue weighted by atomic mass is 9.68. The summed E-state index contributed by atoms with van der Waals surface area (Å²) in [4.78, 5) is 62.1. The molecule has 3 atom stereocenters. The first kappa shape index (κ1) is 52.7. The number of aromatic hydroxyl groups is 1. The monoisotopic (exact) mass is 902 g/mol. The van der Waals surface area contributed by atoms with Gasteiger partial charge in [0.05, 0.1) is 12.8 Å². The second kappa shape index (κ2) is 25.1. The van der Waals surface area contributed by atoms with Gasteiger partial charge in [0.2, 0.25) is 0 Å². The van der Waals surface area contributed by atoms with E-state index in [2.05, 4.69) is 58.1 Å². The molecule has 0 bridgehead atoms. The van der Waals surface area contributed by atoms with Gasteiger partial charge in [0.1, 0.15) is 17.8 Å². The van der Waals surface area contributed by atoms with Crippen LogP contribution < -0.4 is 4.74 Å². The number of esters is 2. The molecule has 8 nitrogen and oxygen atoms in total. The zero-order valence-corrected chi connectivity index (χ0v) is 40.7. The highest BCUT2D eigenvalue weighted by atomic mass is 16.6. The van der Waals surface area contributed by atoms with Crippen molar-refractivity contribution in [1.29, 1.82) is 0 Å². The van der Waals surface area contributed by atoms with Crippen LogP contribution in [0, 0.1) is 17.3 Å². The molecule has 0 amide bonds. The largest absolute Gasteiger partial charge is 0.508 e. The summed E-state index contributed by atoms with van der Waals surface area (Å²) >= 11 is 0. The first-order chi connectivity index (χ1) is 31.8. The molecule has 0 fully saturated rings. The van der Waals surface area contributed by atoms with E-state index in [9.17, 15) is 29.1 Å². The van der Waals surface area contributed by atoms with Crippen molar-refractivity contribution in [3.05, 3.63) is 189 Å². The Morgan fingerprint density at radius 2 is 1.19 bits per heavy atom. The van der Waals surface area contributed by atoms with Gasteiger partial charge in [-0.25, -0.2) is 0 Å². The third-order valence-corrected chi connectivity index (χ3v) is 11.8. The third-order valence-electron chi connectivity index (χ3n) is 11.8. The van der Waals surface area contributed by atoms with Crippen molar-refractivity contribution in [3.63, 3.8) is 0 Å². The molecule has 0 aromatic heterocycles. The van der Waals surface area contributed by atoms with E-state index in [1.165, 1.54) is 12.1 Å². The van der Waals surface area contributed by atoms with E-state index < -0.39 is 18.0 Å². The normalized spacial score (nSPS) is 20.2. The number of Topliss-reactive ketones (excluding diaryl/α,β-unsaturated/α-hetero) is 2. The highest BCUT2D eigenvalue weighted by Crippen LogP contribution is 2.42. The summed E-state index contributed by atoms with van der Waals surface area (Å²) in [7, 11) is 0. The van der Waals surface area contributed by atoms with E-state index in [0.717, 1.165) is 51.0 Å². The fourth-order valence-corrected chi connectivity index (χ4v) is 8.07. The molecule has 67 heavy (non-hydrogen) atoms. The van der Waals surface area contributed by atoms with Gasteiger partial charge in [-0.2, -0.15) is 0 Å². The number of aldehydes is 1. The summed E-state index contributed by atoms with van der Waals surface area (Å²) in [5, 5.41) is 9.79. The summed E-state index contributed by atoms with van der Waals surface area (Å²) in [5.41, 5.74) is 9.56. The predicted molar refractivity (Wildman–Crippen MR) is 271 cm³/mol. The highest BCUT2D eigenvalue weighted by molar-refractivity contribution is 6.01. The Labute approximate surface area is 397 Å². The van der Waals surface area contributed by atoms with Crippen molar-refractivity contribution < 1.29 is 38.6 Å². The lowest BCUT2D eigenvalue weighted by Crippen LogP contribution is -2.34. The number of benzene rings is 2. The second-order valence-electron chi connectivity index (χ2n) is 18.2. The molecule has 2 aliphatic rings. The van der Waals surface area contributed by atoms with Crippen molar-refractivity contribution in [2.45, 2.75) is 101 Å². The molecule has 0 saturated heterocycles. The molecule has 0 heterocycles. The predicted octanol–water partition coefficient (Wildman–Crippen LogP) is 13.4. The Balaban J connectivity index is 1.21. The molecule has 2 aromatic rings. The van der Waals surface area contributed by atoms with Crippen LogP contribution in [0.3, 0.4) is 0 Å². The van der Waals surface area contributed by atoms with Gasteiger partial charge < -0.3 is 14.6 Å². The Hall–Kier alpha value is -6.93. The number of phenols is 1. The van der Waals surface area contributed by atoms with Crippen molar-refractivity contribution in [2.24, 2.45) is 17.3 Å². The number of allylic oxidation sites excluding steroid dienone is 21. The molecule has 0 radical (unpaired) electrons. The van der Waals surface area contributed by atoms with E-state index in [4.69, 9.17) is 9.47 Å². The van der Waals surface area contributed by atoms with Crippen molar-refractivity contribution in [2.75, 3.05) is 0 Å². The second-order valence-corrected chi connectivity index (χ2v) is 18.2. The first-order valence-electron chi connectivity index (χ1n) is 22.8. The molecular formula is C59H66O8. The van der Waals surface area contributed by atoms with Gasteiger partial charge in [0, 0.05) is 11.5 Å². The van der Waals surface area contributed by atoms with Crippen LogP contribution in [-0.2, 0) is 23.9 Å². The van der Waals surface area contributed by atoms with Crippen molar-refractivity contribution >= 4 is 41.9 Å². The number of hydrogen-bond donors (Lipinski definition) is 1. The van der Waals surface area contributed by atoms with E-state index >= 15 is 0 Å². The minimum Gasteiger partial charge on any atom is -0.508 e. The number of hydrogen-bond acceptors (Lipinski definition) is 8. The lowest BCUT2D eigenvalue weighted by molar-refractivity contribution is -0.156. The molecule has 2 aliphatic carbocycles. The summed E-state index contributed by atoms with van der Waals surface area (Å²) < 4.78 is 10.9. The minimum atomic E-state index is -0.916. The lowest BCUT2D eigenvalue weighted by Gasteiger charge is -2.35. The number of carbonyl (C=O) groups is 5. The summed E-state index contributed by atoms with van der Waals surface area (Å²) in [6.45, 7) is 20.3. The number of phenolic OH excluding ortho intramolecular Hbond substituents is 1. The van der Waals surface area contributed by atoms with Crippen LogP contribution in [0.25, 0.3) is 12.2 Å². The summed E-state index contributed by atoms with van der Waals surface area (Å²) in [5.74, 6) is -0.903. The Morgan fingerprint density at radius 1 is 0.657 bits per heavy atom. The fraction of sp³-hybridized carbons (Fsp3) is 0.305. The maximum Gasteiger partial charge on any atom is 0.311 e. The van der Waals surface area contributed by atoms with Gasteiger partial charge in [0.25, 0.3) is 0 Å². The first-order valence-corrected chi connectivity index (χ1v) is 22.8. The molecule has 2 aromatic carbocycles. The average Bonchev–Trinajstić information content (AvgIpc) is 3.27. The average molecular weight is 903 g/mol. The van der Waals surface area contributed by atoms with Gasteiger partial charge in [-0.1, -0.05) is 159 Å². The quantitative estimate of drug-likeness (QED) is 0.0516. The van der Waals surface area contributed by atoms with Gasteiger partial charge in [-0.15, -0.1) is 0 Å². The Kier molecular flexibility index (Phi) is 19.7. The maximum atomic E-state index is 13.3. The zero-order chi connectivity index (χ0) is 49.3. The van der Waals surface area contributed by atoms with Crippen LogP contribution in [0.2, 0.25) is 0 Å². The van der Waals surface area contributed by atoms with Crippen molar-refractivity contribution in [1.82, 2.24) is 0 Å². The maximum absolute atomic E-state index is 13.3. The summed E-state index contributed by atoms with van der Waals surface area (Å²) in [6.07, 6.45) is 32.5. The zero-order valence-electron chi connectivity index (χ0n) is 40.7. The summed E-state index contributed by atoms with van der Waals surface area (Å²) in [6, 6.07) is 11.3. The molecule has 4 rings (SSSR count). The van der Waals surface area contributed by atoms with Crippen LogP contribution >= 0.6 is 0 Å². The van der Waals surface area contributed by atoms with Crippen LogP contribution in [-0.4, -0.2) is 41.0 Å².